The molecule has 1 aromatic carbocycles. The zero-order valence-corrected chi connectivity index (χ0v) is 18.9. The highest BCUT2D eigenvalue weighted by atomic mass is 35.5. The van der Waals surface area contributed by atoms with E-state index in [2.05, 4.69) is 10.2 Å². The molecule has 2 fully saturated rings. The third kappa shape index (κ3) is 4.66. The normalized spacial score (nSPS) is 24.7. The maximum atomic E-state index is 13.4. The molecular formula is C17H19ClN4O5S3. The van der Waals surface area contributed by atoms with Crippen molar-refractivity contribution < 1.29 is 21.6 Å². The second kappa shape index (κ2) is 8.13. The van der Waals surface area contributed by atoms with Crippen LogP contribution in [0.1, 0.15) is 23.2 Å². The van der Waals surface area contributed by atoms with Crippen molar-refractivity contribution in [2.75, 3.05) is 28.0 Å². The number of hydrogen-bond donors (Lipinski definition) is 0. The smallest absolute Gasteiger partial charge is 0.267 e. The Kier molecular flexibility index (Phi) is 5.86. The van der Waals surface area contributed by atoms with E-state index in [-0.39, 0.29) is 28.3 Å². The predicted octanol–water partition coefficient (Wildman–Crippen LogP) is 1.18. The van der Waals surface area contributed by atoms with Crippen LogP contribution in [0.15, 0.2) is 35.7 Å². The number of carbonyl (C=O) groups excluding carboxylic acids is 1. The molecule has 9 nitrogen and oxygen atoms in total. The van der Waals surface area contributed by atoms with E-state index >= 15 is 0 Å². The van der Waals surface area contributed by atoms with Gasteiger partial charge in [-0.05, 0) is 37.1 Å². The number of halogens is 1. The van der Waals surface area contributed by atoms with Gasteiger partial charge in [0.2, 0.25) is 5.16 Å². The Labute approximate surface area is 183 Å². The third-order valence-electron chi connectivity index (χ3n) is 5.05. The Bertz CT molecular complexity index is 1160. The van der Waals surface area contributed by atoms with Gasteiger partial charge in [-0.2, -0.15) is 0 Å². The molecule has 2 aromatic rings. The molecule has 2 unspecified atom stereocenters. The topological polar surface area (TPSA) is 119 Å². The van der Waals surface area contributed by atoms with Gasteiger partial charge in [0.15, 0.2) is 19.7 Å². The minimum absolute atomic E-state index is 0.00641. The van der Waals surface area contributed by atoms with E-state index in [9.17, 15) is 21.6 Å². The summed E-state index contributed by atoms with van der Waals surface area (Å²) in [5.41, 5.74) is 0.344. The van der Waals surface area contributed by atoms with E-state index in [0.29, 0.717) is 28.6 Å². The zero-order chi connectivity index (χ0) is 21.5. The molecule has 0 aliphatic carbocycles. The van der Waals surface area contributed by atoms with E-state index in [1.807, 2.05) is 0 Å². The van der Waals surface area contributed by atoms with E-state index < -0.39 is 31.6 Å². The fourth-order valence-corrected chi connectivity index (χ4v) is 8.86. The van der Waals surface area contributed by atoms with Crippen LogP contribution in [-0.2, 0) is 19.7 Å². The first-order chi connectivity index (χ1) is 14.1. The van der Waals surface area contributed by atoms with Crippen molar-refractivity contribution in [3.63, 3.8) is 0 Å². The fourth-order valence-electron chi connectivity index (χ4n) is 3.58. The van der Waals surface area contributed by atoms with Crippen molar-refractivity contribution in [3.8, 4) is 0 Å². The van der Waals surface area contributed by atoms with Gasteiger partial charge in [0.1, 0.15) is 6.33 Å². The molecule has 4 rings (SSSR count). The van der Waals surface area contributed by atoms with Crippen LogP contribution in [0.3, 0.4) is 0 Å². The van der Waals surface area contributed by atoms with Crippen LogP contribution in [0.25, 0.3) is 0 Å². The molecule has 0 saturated carbocycles. The van der Waals surface area contributed by atoms with E-state index in [1.54, 1.807) is 24.3 Å². The van der Waals surface area contributed by atoms with E-state index in [1.165, 1.54) is 27.8 Å². The van der Waals surface area contributed by atoms with Crippen LogP contribution >= 0.6 is 23.4 Å². The summed E-state index contributed by atoms with van der Waals surface area (Å²) in [6, 6.07) is 5.73. The summed E-state index contributed by atoms with van der Waals surface area (Å²) >= 11 is 7.16. The van der Waals surface area contributed by atoms with Crippen LogP contribution in [0, 0.1) is 0 Å². The Morgan fingerprint density at radius 1 is 1.07 bits per heavy atom. The Hall–Kier alpha value is -1.63. The quantitative estimate of drug-likeness (QED) is 0.612. The number of hydrogen-bond acceptors (Lipinski definition) is 8. The first-order valence-corrected chi connectivity index (χ1v) is 14.1. The summed E-state index contributed by atoms with van der Waals surface area (Å²) in [5.74, 6) is -0.421. The largest absolute Gasteiger partial charge is 0.273 e. The van der Waals surface area contributed by atoms with Crippen molar-refractivity contribution in [2.24, 2.45) is 0 Å². The number of sulfone groups is 2. The molecule has 1 aromatic heterocycles. The van der Waals surface area contributed by atoms with Crippen molar-refractivity contribution in [2.45, 2.75) is 29.3 Å². The molecular weight excluding hydrogens is 472 g/mol. The average molecular weight is 491 g/mol. The molecule has 0 radical (unpaired) electrons. The van der Waals surface area contributed by atoms with Crippen LogP contribution in [-0.4, -0.2) is 71.9 Å². The maximum Gasteiger partial charge on any atom is 0.273 e. The van der Waals surface area contributed by atoms with Crippen LogP contribution < -0.4 is 5.01 Å². The minimum atomic E-state index is -3.26. The molecule has 162 valence electrons. The molecule has 2 aliphatic heterocycles. The molecule has 0 spiro atoms. The van der Waals surface area contributed by atoms with Gasteiger partial charge >= 0.3 is 0 Å². The molecule has 2 saturated heterocycles. The Balaban J connectivity index is 1.67. The minimum Gasteiger partial charge on any atom is -0.267 e. The number of amides is 1. The number of aromatic nitrogens is 3. The first kappa shape index (κ1) is 21.6. The molecule has 1 amide bonds. The van der Waals surface area contributed by atoms with E-state index in [0.717, 1.165) is 0 Å². The molecule has 2 aliphatic rings. The molecule has 0 bridgehead atoms. The maximum absolute atomic E-state index is 13.4. The second-order valence-electron chi connectivity index (χ2n) is 7.31. The predicted molar refractivity (Wildman–Crippen MR) is 114 cm³/mol. The molecule has 30 heavy (non-hydrogen) atoms. The lowest BCUT2D eigenvalue weighted by Crippen LogP contribution is -2.49. The number of benzene rings is 1. The van der Waals surface area contributed by atoms with Gasteiger partial charge in [0, 0.05) is 15.8 Å². The third-order valence-corrected chi connectivity index (χ3v) is 10.2. The van der Waals surface area contributed by atoms with Crippen LogP contribution in [0.4, 0.5) is 0 Å². The van der Waals surface area contributed by atoms with Gasteiger partial charge in [-0.15, -0.1) is 10.2 Å². The molecule has 13 heteroatoms. The number of rotatable bonds is 5. The lowest BCUT2D eigenvalue weighted by Gasteiger charge is -2.29. The number of thioether (sulfide) groups is 1. The summed E-state index contributed by atoms with van der Waals surface area (Å²) in [5, 5.41) is 9.95. The van der Waals surface area contributed by atoms with Crippen molar-refractivity contribution in [1.82, 2.24) is 14.9 Å². The highest BCUT2D eigenvalue weighted by Gasteiger charge is 2.38. The van der Waals surface area contributed by atoms with Gasteiger partial charge < -0.3 is 0 Å². The Morgan fingerprint density at radius 2 is 1.73 bits per heavy atom. The number of carbonyl (C=O) groups is 1. The van der Waals surface area contributed by atoms with Gasteiger partial charge in [-0.1, -0.05) is 23.4 Å². The molecule has 0 N–H and O–H groups in total. The lowest BCUT2D eigenvalue weighted by molar-refractivity contribution is 0.0942. The molecule has 3 heterocycles. The van der Waals surface area contributed by atoms with Crippen molar-refractivity contribution in [3.05, 3.63) is 41.2 Å². The highest BCUT2D eigenvalue weighted by Crippen LogP contribution is 2.31. The summed E-state index contributed by atoms with van der Waals surface area (Å²) in [7, 11) is -6.34. The fraction of sp³-hybridized carbons (Fsp3) is 0.471. The van der Waals surface area contributed by atoms with Crippen molar-refractivity contribution in [1.29, 1.82) is 0 Å². The number of nitrogens with zero attached hydrogens (tertiary/aromatic N) is 4. The molecule has 2 atom stereocenters. The van der Waals surface area contributed by atoms with Crippen molar-refractivity contribution >= 4 is 48.9 Å². The standard InChI is InChI=1S/C17H19ClN4O5S3/c18-13-3-1-12(2-4-13)16(23)22(14-5-7-29(24,25)9-14)21-11-19-20-17(21)28-15-6-8-30(26,27)10-15/h1-4,11,14-15H,5-10H2. The van der Waals surface area contributed by atoms with Gasteiger partial charge in [0.05, 0.1) is 29.1 Å². The van der Waals surface area contributed by atoms with Gasteiger partial charge in [-0.3, -0.25) is 4.79 Å². The SMILES string of the molecule is O=C(c1ccc(Cl)cc1)N(C1CCS(=O)(=O)C1)n1cnnc1SC1CCS(=O)(=O)C1. The van der Waals surface area contributed by atoms with Gasteiger partial charge in [-0.25, -0.2) is 26.5 Å². The van der Waals surface area contributed by atoms with Crippen LogP contribution in [0.5, 0.6) is 0 Å². The summed E-state index contributed by atoms with van der Waals surface area (Å²) < 4.78 is 49.2. The van der Waals surface area contributed by atoms with Gasteiger partial charge in [0.25, 0.3) is 5.91 Å². The summed E-state index contributed by atoms with van der Waals surface area (Å²) in [6.45, 7) is 0. The average Bonchev–Trinajstić information content (AvgIpc) is 3.36. The summed E-state index contributed by atoms with van der Waals surface area (Å²) in [4.78, 5) is 13.4. The van der Waals surface area contributed by atoms with Crippen LogP contribution in [0.2, 0.25) is 5.02 Å². The highest BCUT2D eigenvalue weighted by molar-refractivity contribution is 8.01. The summed E-state index contributed by atoms with van der Waals surface area (Å²) in [6.07, 6.45) is 2.13. The zero-order valence-electron chi connectivity index (χ0n) is 15.7. The Morgan fingerprint density at radius 3 is 2.33 bits per heavy atom. The lowest BCUT2D eigenvalue weighted by atomic mass is 10.1. The second-order valence-corrected chi connectivity index (χ2v) is 13.5. The monoisotopic (exact) mass is 490 g/mol. The van der Waals surface area contributed by atoms with E-state index in [4.69, 9.17) is 11.6 Å². The first-order valence-electron chi connectivity index (χ1n) is 9.20.